The van der Waals surface area contributed by atoms with Gasteiger partial charge in [-0.25, -0.2) is 0 Å². The quantitative estimate of drug-likeness (QED) is 0.390. The third-order valence-electron chi connectivity index (χ3n) is 0.806. The van der Waals surface area contributed by atoms with Crippen LogP contribution in [0.4, 0.5) is 0 Å². The molecular weight excluding hydrogens is 211 g/mol. The van der Waals surface area contributed by atoms with Crippen molar-refractivity contribution in [2.24, 2.45) is 0 Å². The van der Waals surface area contributed by atoms with Gasteiger partial charge in [-0.3, -0.25) is 0 Å². The molecule has 0 aliphatic rings. The second-order valence-electron chi connectivity index (χ2n) is 1.55. The lowest BCUT2D eigenvalue weighted by Crippen LogP contribution is -1.70. The molecule has 0 spiro atoms. The lowest BCUT2D eigenvalue weighted by atomic mass is 10.2. The SMILES string of the molecule is CCC[CH]CC#CI. The second-order valence-corrected chi connectivity index (χ2v) is 2.09. The Hall–Kier alpha value is 0.290. The summed E-state index contributed by atoms with van der Waals surface area (Å²) in [5.74, 6) is 2.96. The minimum absolute atomic E-state index is 0.955. The van der Waals surface area contributed by atoms with Crippen molar-refractivity contribution in [2.75, 3.05) is 0 Å². The van der Waals surface area contributed by atoms with Gasteiger partial charge in [-0.1, -0.05) is 19.3 Å². The number of rotatable bonds is 3. The van der Waals surface area contributed by atoms with E-state index in [1.54, 1.807) is 0 Å². The van der Waals surface area contributed by atoms with Crippen molar-refractivity contribution >= 4 is 22.6 Å². The largest absolute Gasteiger partial charge is 0.0916 e. The monoisotopic (exact) mass is 221 g/mol. The normalized spacial score (nSPS) is 7.75. The summed E-state index contributed by atoms with van der Waals surface area (Å²) < 4.78 is 2.82. The van der Waals surface area contributed by atoms with Gasteiger partial charge in [0, 0.05) is 29.0 Å². The number of hydrogen-bond acceptors (Lipinski definition) is 0. The van der Waals surface area contributed by atoms with Gasteiger partial charge >= 0.3 is 0 Å². The van der Waals surface area contributed by atoms with Crippen molar-refractivity contribution in [3.8, 4) is 9.85 Å². The van der Waals surface area contributed by atoms with Gasteiger partial charge in [0.25, 0.3) is 0 Å². The van der Waals surface area contributed by atoms with Crippen molar-refractivity contribution in [3.05, 3.63) is 6.42 Å². The van der Waals surface area contributed by atoms with E-state index in [0.29, 0.717) is 0 Å². The summed E-state index contributed by atoms with van der Waals surface area (Å²) >= 11 is 2.06. The highest BCUT2D eigenvalue weighted by Gasteiger charge is 1.79. The maximum absolute atomic E-state index is 2.96. The molecule has 0 bridgehead atoms. The van der Waals surface area contributed by atoms with Gasteiger partial charge in [-0.2, -0.15) is 0 Å². The van der Waals surface area contributed by atoms with Crippen LogP contribution < -0.4 is 0 Å². The predicted molar refractivity (Wildman–Crippen MR) is 45.6 cm³/mol. The molecule has 0 aromatic rings. The molecule has 0 rings (SSSR count). The lowest BCUT2D eigenvalue weighted by Gasteiger charge is -1.86. The molecule has 0 heterocycles. The fourth-order valence-electron chi connectivity index (χ4n) is 0.417. The van der Waals surface area contributed by atoms with E-state index in [9.17, 15) is 0 Å². The first-order valence-electron chi connectivity index (χ1n) is 2.82. The molecule has 0 unspecified atom stereocenters. The van der Waals surface area contributed by atoms with Gasteiger partial charge in [-0.15, -0.1) is 0 Å². The Morgan fingerprint density at radius 2 is 2.38 bits per heavy atom. The molecule has 0 fully saturated rings. The van der Waals surface area contributed by atoms with Crippen molar-refractivity contribution in [1.29, 1.82) is 0 Å². The Morgan fingerprint density at radius 3 is 2.88 bits per heavy atom. The fourth-order valence-corrected chi connectivity index (χ4v) is 0.637. The molecule has 0 nitrogen and oxygen atoms in total. The summed E-state index contributed by atoms with van der Waals surface area (Å²) in [6.07, 6.45) is 5.61. The first-order valence-corrected chi connectivity index (χ1v) is 3.89. The van der Waals surface area contributed by atoms with Crippen LogP contribution in [-0.4, -0.2) is 0 Å². The standard InChI is InChI=1S/C7H10I/c1-2-3-4-5-6-7-8/h4H,2-3,5H2,1H3. The number of halogens is 1. The van der Waals surface area contributed by atoms with Gasteiger partial charge in [-0.05, 0) is 16.8 Å². The molecule has 0 aliphatic carbocycles. The molecule has 0 aromatic heterocycles. The summed E-state index contributed by atoms with van der Waals surface area (Å²) in [6.45, 7) is 2.17. The number of unbranched alkanes of at least 4 members (excludes halogenated alkanes) is 3. The van der Waals surface area contributed by atoms with Crippen LogP contribution in [0.2, 0.25) is 0 Å². The van der Waals surface area contributed by atoms with Crippen LogP contribution >= 0.6 is 22.6 Å². The van der Waals surface area contributed by atoms with Gasteiger partial charge in [0.05, 0.1) is 0 Å². The Bertz CT molecular complexity index is 86.3. The molecule has 0 amide bonds. The van der Waals surface area contributed by atoms with E-state index in [2.05, 4.69) is 45.8 Å². The Morgan fingerprint density at radius 1 is 1.62 bits per heavy atom. The number of hydrogen-bond donors (Lipinski definition) is 0. The Labute approximate surface area is 65.2 Å². The van der Waals surface area contributed by atoms with Gasteiger partial charge < -0.3 is 0 Å². The summed E-state index contributed by atoms with van der Waals surface area (Å²) in [4.78, 5) is 0. The molecule has 8 heavy (non-hydrogen) atoms. The van der Waals surface area contributed by atoms with E-state index in [1.165, 1.54) is 12.8 Å². The molecule has 0 N–H and O–H groups in total. The van der Waals surface area contributed by atoms with E-state index in [1.807, 2.05) is 0 Å². The first-order chi connectivity index (χ1) is 3.91. The van der Waals surface area contributed by atoms with E-state index in [-0.39, 0.29) is 0 Å². The van der Waals surface area contributed by atoms with E-state index in [4.69, 9.17) is 0 Å². The fraction of sp³-hybridized carbons (Fsp3) is 0.571. The molecule has 0 atom stereocenters. The van der Waals surface area contributed by atoms with E-state index >= 15 is 0 Å². The Balaban J connectivity index is 2.79. The molecule has 1 radical (unpaired) electrons. The maximum Gasteiger partial charge on any atom is 0.0181 e. The third kappa shape index (κ3) is 6.29. The van der Waals surface area contributed by atoms with Crippen molar-refractivity contribution in [2.45, 2.75) is 26.2 Å². The van der Waals surface area contributed by atoms with Crippen LogP contribution in [0, 0.1) is 16.3 Å². The second kappa shape index (κ2) is 7.29. The van der Waals surface area contributed by atoms with Gasteiger partial charge in [0.1, 0.15) is 0 Å². The predicted octanol–water partition coefficient (Wildman–Crippen LogP) is 2.78. The summed E-state index contributed by atoms with van der Waals surface area (Å²) in [7, 11) is 0. The molecule has 0 saturated heterocycles. The molecule has 45 valence electrons. The van der Waals surface area contributed by atoms with Crippen LogP contribution in [0.1, 0.15) is 26.2 Å². The third-order valence-corrected chi connectivity index (χ3v) is 1.19. The first kappa shape index (κ1) is 8.29. The average Bonchev–Trinajstić information content (AvgIpc) is 1.81. The van der Waals surface area contributed by atoms with E-state index in [0.717, 1.165) is 6.42 Å². The summed E-state index contributed by atoms with van der Waals surface area (Å²) in [5, 5.41) is 0. The van der Waals surface area contributed by atoms with Gasteiger partial charge in [0.15, 0.2) is 0 Å². The molecule has 0 saturated carbocycles. The molecular formula is C7H10I. The van der Waals surface area contributed by atoms with Crippen molar-refractivity contribution in [1.82, 2.24) is 0 Å². The highest BCUT2D eigenvalue weighted by molar-refractivity contribution is 14.1. The van der Waals surface area contributed by atoms with E-state index < -0.39 is 0 Å². The lowest BCUT2D eigenvalue weighted by molar-refractivity contribution is 0.880. The highest BCUT2D eigenvalue weighted by Crippen LogP contribution is 1.95. The minimum atomic E-state index is 0.955. The minimum Gasteiger partial charge on any atom is -0.0916 e. The zero-order valence-electron chi connectivity index (χ0n) is 5.08. The smallest absolute Gasteiger partial charge is 0.0181 e. The van der Waals surface area contributed by atoms with Gasteiger partial charge in [0.2, 0.25) is 0 Å². The molecule has 0 aliphatic heterocycles. The van der Waals surface area contributed by atoms with Crippen LogP contribution in [0.3, 0.4) is 0 Å². The average molecular weight is 221 g/mol. The van der Waals surface area contributed by atoms with Crippen LogP contribution in [0.5, 0.6) is 0 Å². The van der Waals surface area contributed by atoms with Crippen LogP contribution in [0.25, 0.3) is 0 Å². The summed E-state index contributed by atoms with van der Waals surface area (Å²) in [6, 6.07) is 0. The zero-order valence-corrected chi connectivity index (χ0v) is 7.23. The summed E-state index contributed by atoms with van der Waals surface area (Å²) in [5.41, 5.74) is 0. The Kier molecular flexibility index (Phi) is 7.55. The zero-order chi connectivity index (χ0) is 6.24. The molecule has 1 heteroatoms. The van der Waals surface area contributed by atoms with Crippen molar-refractivity contribution in [3.63, 3.8) is 0 Å². The van der Waals surface area contributed by atoms with Crippen molar-refractivity contribution < 1.29 is 0 Å². The highest BCUT2D eigenvalue weighted by atomic mass is 127. The van der Waals surface area contributed by atoms with Crippen LogP contribution in [0.15, 0.2) is 0 Å². The van der Waals surface area contributed by atoms with Crippen LogP contribution in [-0.2, 0) is 0 Å². The molecule has 0 aromatic carbocycles. The maximum atomic E-state index is 2.96. The topological polar surface area (TPSA) is 0 Å².